The molecule has 1 aliphatic heterocycles. The third-order valence-corrected chi connectivity index (χ3v) is 8.14. The number of piperidine rings is 1. The van der Waals surface area contributed by atoms with E-state index in [2.05, 4.69) is 19.7 Å². The van der Waals surface area contributed by atoms with Gasteiger partial charge in [-0.15, -0.1) is 0 Å². The average molecular weight is 515 g/mol. The third-order valence-electron chi connectivity index (χ3n) is 6.59. The number of H-pyrrole nitrogens is 1. The Morgan fingerprint density at radius 1 is 1.28 bits per heavy atom. The molecule has 10 nitrogen and oxygen atoms in total. The van der Waals surface area contributed by atoms with Crippen molar-refractivity contribution in [3.63, 3.8) is 0 Å². The van der Waals surface area contributed by atoms with Crippen LogP contribution in [0.2, 0.25) is 0 Å². The molecule has 1 aromatic carbocycles. The van der Waals surface area contributed by atoms with Crippen LogP contribution in [0.15, 0.2) is 23.4 Å². The summed E-state index contributed by atoms with van der Waals surface area (Å²) in [4.78, 5) is 25.4. The Bertz CT molecular complexity index is 1510. The zero-order chi connectivity index (χ0) is 25.9. The molecule has 0 unspecified atom stereocenters. The summed E-state index contributed by atoms with van der Waals surface area (Å²) in [5, 5.41) is 10.3. The fraction of sp³-hybridized carbons (Fsp3) is 0.500. The minimum Gasteiger partial charge on any atom is -0.444 e. The average Bonchev–Trinajstić information content (AvgIpc) is 3.48. The first-order valence-electron chi connectivity index (χ1n) is 11.8. The normalized spacial score (nSPS) is 18.4. The van der Waals surface area contributed by atoms with E-state index in [9.17, 15) is 18.5 Å². The lowest BCUT2D eigenvalue weighted by Gasteiger charge is -2.33. The molecule has 1 saturated heterocycles. The van der Waals surface area contributed by atoms with Crippen LogP contribution in [0.5, 0.6) is 0 Å². The van der Waals surface area contributed by atoms with Gasteiger partial charge in [-0.05, 0) is 58.6 Å². The first-order chi connectivity index (χ1) is 16.9. The number of likely N-dealkylation sites (tertiary alicyclic amines) is 1. The molecule has 5 rings (SSSR count). The summed E-state index contributed by atoms with van der Waals surface area (Å²) in [6.45, 7) is 6.47. The second-order valence-electron chi connectivity index (χ2n) is 10.5. The standard InChI is InChI=1S/C24H27FN6O4S/c1-23(2,3)35-22(32)31-8-4-14(5-9-31)20-19-15-10-16(25)18(11-17(15)29-21(19)28-13-27-20)36(33,34)30-24(12-26)6-7-24/h10-11,13-14,30H,4-9H2,1-3H3,(H,27,28,29). The predicted molar refractivity (Wildman–Crippen MR) is 129 cm³/mol. The van der Waals surface area contributed by atoms with Crippen LogP contribution >= 0.6 is 0 Å². The van der Waals surface area contributed by atoms with Crippen molar-refractivity contribution in [2.75, 3.05) is 13.1 Å². The Hall–Kier alpha value is -3.30. The van der Waals surface area contributed by atoms with Crippen molar-refractivity contribution >= 4 is 38.1 Å². The highest BCUT2D eigenvalue weighted by molar-refractivity contribution is 7.89. The number of sulfonamides is 1. The first kappa shape index (κ1) is 24.4. The molecule has 3 aromatic rings. The number of aromatic amines is 1. The molecular weight excluding hydrogens is 487 g/mol. The van der Waals surface area contributed by atoms with E-state index in [4.69, 9.17) is 4.74 Å². The summed E-state index contributed by atoms with van der Waals surface area (Å²) in [5.41, 5.74) is -0.127. The monoisotopic (exact) mass is 514 g/mol. The zero-order valence-electron chi connectivity index (χ0n) is 20.3. The molecule has 0 atom stereocenters. The lowest BCUT2D eigenvalue weighted by atomic mass is 9.91. The fourth-order valence-electron chi connectivity index (χ4n) is 4.60. The molecule has 2 aromatic heterocycles. The molecule has 12 heteroatoms. The summed E-state index contributed by atoms with van der Waals surface area (Å²) in [6.07, 6.45) is 3.15. The maximum Gasteiger partial charge on any atom is 0.410 e. The third kappa shape index (κ3) is 4.49. The Balaban J connectivity index is 1.45. The molecule has 0 radical (unpaired) electrons. The highest BCUT2D eigenvalue weighted by Crippen LogP contribution is 2.38. The maximum atomic E-state index is 15.2. The van der Waals surface area contributed by atoms with Crippen molar-refractivity contribution < 1.29 is 22.3 Å². The van der Waals surface area contributed by atoms with Crippen LogP contribution in [0.3, 0.4) is 0 Å². The van der Waals surface area contributed by atoms with E-state index >= 15 is 4.39 Å². The molecule has 3 heterocycles. The quantitative estimate of drug-likeness (QED) is 0.541. The Kier molecular flexibility index (Phi) is 5.68. The van der Waals surface area contributed by atoms with Crippen LogP contribution in [0.4, 0.5) is 9.18 Å². The highest BCUT2D eigenvalue weighted by Gasteiger charge is 2.47. The number of hydrogen-bond donors (Lipinski definition) is 2. The van der Waals surface area contributed by atoms with Crippen molar-refractivity contribution in [3.05, 3.63) is 30.0 Å². The van der Waals surface area contributed by atoms with E-state index in [1.54, 1.807) is 4.90 Å². The Morgan fingerprint density at radius 2 is 1.97 bits per heavy atom. The minimum absolute atomic E-state index is 0.00618. The smallest absolute Gasteiger partial charge is 0.410 e. The first-order valence-corrected chi connectivity index (χ1v) is 13.3. The van der Waals surface area contributed by atoms with Crippen molar-refractivity contribution in [1.29, 1.82) is 5.26 Å². The molecule has 1 amide bonds. The van der Waals surface area contributed by atoms with Gasteiger partial charge in [-0.25, -0.2) is 27.6 Å². The number of fused-ring (bicyclic) bond motifs is 3. The van der Waals surface area contributed by atoms with E-state index in [-0.39, 0.29) is 12.0 Å². The van der Waals surface area contributed by atoms with E-state index in [0.29, 0.717) is 60.7 Å². The highest BCUT2D eigenvalue weighted by atomic mass is 32.2. The van der Waals surface area contributed by atoms with Crippen LogP contribution in [-0.4, -0.2) is 58.6 Å². The van der Waals surface area contributed by atoms with Gasteiger partial charge >= 0.3 is 6.09 Å². The van der Waals surface area contributed by atoms with Crippen LogP contribution in [-0.2, 0) is 14.8 Å². The van der Waals surface area contributed by atoms with E-state index in [1.165, 1.54) is 18.5 Å². The van der Waals surface area contributed by atoms with Crippen molar-refractivity contribution in [2.24, 2.45) is 0 Å². The van der Waals surface area contributed by atoms with Gasteiger partial charge in [0, 0.05) is 35.3 Å². The summed E-state index contributed by atoms with van der Waals surface area (Å²) in [7, 11) is -4.24. The molecule has 0 spiro atoms. The van der Waals surface area contributed by atoms with Crippen LogP contribution in [0.1, 0.15) is 58.1 Å². The molecule has 36 heavy (non-hydrogen) atoms. The molecular formula is C24H27FN6O4S. The summed E-state index contributed by atoms with van der Waals surface area (Å²) < 4.78 is 48.6. The van der Waals surface area contributed by atoms with Crippen LogP contribution in [0, 0.1) is 17.1 Å². The largest absolute Gasteiger partial charge is 0.444 e. The van der Waals surface area contributed by atoms with Gasteiger partial charge in [0.2, 0.25) is 10.0 Å². The van der Waals surface area contributed by atoms with Gasteiger partial charge in [-0.2, -0.15) is 9.98 Å². The topological polar surface area (TPSA) is 141 Å². The lowest BCUT2D eigenvalue weighted by Crippen LogP contribution is -2.41. The van der Waals surface area contributed by atoms with Crippen LogP contribution in [0.25, 0.3) is 21.9 Å². The number of nitriles is 1. The van der Waals surface area contributed by atoms with Gasteiger partial charge in [-0.3, -0.25) is 0 Å². The van der Waals surface area contributed by atoms with E-state index in [0.717, 1.165) is 5.69 Å². The molecule has 2 aliphatic rings. The molecule has 1 aliphatic carbocycles. The number of ether oxygens (including phenoxy) is 1. The lowest BCUT2D eigenvalue weighted by molar-refractivity contribution is 0.0204. The summed E-state index contributed by atoms with van der Waals surface area (Å²) in [5.74, 6) is -0.911. The number of hydrogen-bond acceptors (Lipinski definition) is 7. The number of rotatable bonds is 4. The number of aromatic nitrogens is 3. The maximum absolute atomic E-state index is 15.2. The number of amides is 1. The van der Waals surface area contributed by atoms with Gasteiger partial charge in [0.05, 0.1) is 11.8 Å². The summed E-state index contributed by atoms with van der Waals surface area (Å²) >= 11 is 0. The SMILES string of the molecule is CC(C)(C)OC(=O)N1CCC(c2ncnc3[nH]c4cc(S(=O)(=O)NC5(C#N)CC5)c(F)cc4c23)CC1. The molecule has 0 bridgehead atoms. The van der Waals surface area contributed by atoms with Gasteiger partial charge in [0.15, 0.2) is 0 Å². The molecule has 2 N–H and O–H groups in total. The van der Waals surface area contributed by atoms with Gasteiger partial charge in [-0.1, -0.05) is 0 Å². The fourth-order valence-corrected chi connectivity index (χ4v) is 6.06. The number of carbonyl (C=O) groups excluding carboxylic acids is 1. The Morgan fingerprint density at radius 3 is 2.58 bits per heavy atom. The predicted octanol–water partition coefficient (Wildman–Crippen LogP) is 3.70. The van der Waals surface area contributed by atoms with Crippen molar-refractivity contribution in [1.82, 2.24) is 24.6 Å². The van der Waals surface area contributed by atoms with Gasteiger partial charge in [0.1, 0.15) is 33.8 Å². The minimum atomic E-state index is -4.24. The van der Waals surface area contributed by atoms with Crippen molar-refractivity contribution in [2.45, 2.75) is 68.4 Å². The number of benzene rings is 1. The number of nitrogens with zero attached hydrogens (tertiary/aromatic N) is 4. The van der Waals surface area contributed by atoms with Crippen LogP contribution < -0.4 is 4.72 Å². The summed E-state index contributed by atoms with van der Waals surface area (Å²) in [6, 6.07) is 4.36. The van der Waals surface area contributed by atoms with Gasteiger partial charge in [0.25, 0.3) is 0 Å². The van der Waals surface area contributed by atoms with Gasteiger partial charge < -0.3 is 14.6 Å². The number of nitrogens with one attached hydrogen (secondary N) is 2. The second-order valence-corrected chi connectivity index (χ2v) is 12.1. The van der Waals surface area contributed by atoms with E-state index in [1.807, 2.05) is 26.8 Å². The van der Waals surface area contributed by atoms with Crippen molar-refractivity contribution in [3.8, 4) is 6.07 Å². The molecule has 2 fully saturated rings. The second kappa shape index (κ2) is 8.38. The molecule has 190 valence electrons. The zero-order valence-corrected chi connectivity index (χ0v) is 21.1. The van der Waals surface area contributed by atoms with E-state index < -0.39 is 31.9 Å². The molecule has 1 saturated carbocycles. The number of halogens is 1. The number of carbonyl (C=O) groups is 1. The Labute approximate surface area is 207 Å².